The van der Waals surface area contributed by atoms with Crippen LogP contribution in [0.25, 0.3) is 0 Å². The molecule has 0 bridgehead atoms. The molecule has 2 aliphatic heterocycles. The van der Waals surface area contributed by atoms with Crippen LogP contribution in [0.5, 0.6) is 0 Å². The van der Waals surface area contributed by atoms with Gasteiger partial charge in [0.1, 0.15) is 5.60 Å². The number of rotatable bonds is 4. The Labute approximate surface area is 126 Å². The van der Waals surface area contributed by atoms with Crippen LogP contribution >= 0.6 is 11.8 Å². The van der Waals surface area contributed by atoms with E-state index in [9.17, 15) is 4.79 Å². The van der Waals surface area contributed by atoms with Crippen molar-refractivity contribution in [2.75, 3.05) is 24.7 Å². The quantitative estimate of drug-likeness (QED) is 0.798. The van der Waals surface area contributed by atoms with Crippen molar-refractivity contribution in [1.29, 1.82) is 0 Å². The maximum Gasteiger partial charge on any atom is 0.167 e. The summed E-state index contributed by atoms with van der Waals surface area (Å²) >= 11 is 1.97. The molecular formula is C16H26O3S. The zero-order chi connectivity index (χ0) is 14.1. The van der Waals surface area contributed by atoms with Crippen LogP contribution in [0.2, 0.25) is 0 Å². The number of carbonyl (C=O) groups is 1. The van der Waals surface area contributed by atoms with Crippen LogP contribution in [0.4, 0.5) is 0 Å². The molecule has 1 aliphatic carbocycles. The van der Waals surface area contributed by atoms with Gasteiger partial charge in [0.2, 0.25) is 0 Å². The van der Waals surface area contributed by atoms with Gasteiger partial charge >= 0.3 is 0 Å². The van der Waals surface area contributed by atoms with Crippen molar-refractivity contribution >= 4 is 17.5 Å². The lowest BCUT2D eigenvalue weighted by atomic mass is 9.77. The molecular weight excluding hydrogens is 272 g/mol. The van der Waals surface area contributed by atoms with E-state index in [-0.39, 0.29) is 11.5 Å². The molecule has 0 aromatic heterocycles. The van der Waals surface area contributed by atoms with Crippen molar-refractivity contribution < 1.29 is 14.3 Å². The minimum Gasteiger partial charge on any atom is -0.374 e. The molecule has 1 saturated carbocycles. The highest BCUT2D eigenvalue weighted by Gasteiger charge is 2.49. The molecule has 2 heterocycles. The summed E-state index contributed by atoms with van der Waals surface area (Å²) < 4.78 is 12.0. The van der Waals surface area contributed by atoms with E-state index in [1.807, 2.05) is 18.7 Å². The molecule has 3 nitrogen and oxygen atoms in total. The second-order valence-electron chi connectivity index (χ2n) is 6.52. The summed E-state index contributed by atoms with van der Waals surface area (Å²) in [4.78, 5) is 13.1. The monoisotopic (exact) mass is 298 g/mol. The zero-order valence-corrected chi connectivity index (χ0v) is 13.3. The molecule has 0 amide bonds. The molecule has 2 saturated heterocycles. The van der Waals surface area contributed by atoms with Gasteiger partial charge in [-0.2, -0.15) is 11.8 Å². The Bertz CT molecular complexity index is 357. The molecule has 114 valence electrons. The first-order valence-corrected chi connectivity index (χ1v) is 9.25. The Balaban J connectivity index is 1.72. The normalized spacial score (nSPS) is 36.5. The van der Waals surface area contributed by atoms with E-state index < -0.39 is 5.60 Å². The Morgan fingerprint density at radius 2 is 2.15 bits per heavy atom. The van der Waals surface area contributed by atoms with Gasteiger partial charge in [-0.3, -0.25) is 4.79 Å². The summed E-state index contributed by atoms with van der Waals surface area (Å²) in [6.07, 6.45) is 7.06. The summed E-state index contributed by atoms with van der Waals surface area (Å²) in [5.74, 6) is 2.79. The fraction of sp³-hybridized carbons (Fsp3) is 0.938. The first-order chi connectivity index (χ1) is 9.70. The van der Waals surface area contributed by atoms with Crippen LogP contribution in [-0.2, 0) is 14.3 Å². The third kappa shape index (κ3) is 2.67. The van der Waals surface area contributed by atoms with Gasteiger partial charge in [-0.15, -0.1) is 0 Å². The van der Waals surface area contributed by atoms with E-state index in [0.29, 0.717) is 12.4 Å². The van der Waals surface area contributed by atoms with Crippen LogP contribution < -0.4 is 0 Å². The minimum absolute atomic E-state index is 0.00471. The predicted octanol–water partition coefficient (Wildman–Crippen LogP) is 3.21. The summed E-state index contributed by atoms with van der Waals surface area (Å²) in [5.41, 5.74) is -0.459. The molecule has 2 atom stereocenters. The van der Waals surface area contributed by atoms with Crippen LogP contribution in [0.1, 0.15) is 51.9 Å². The van der Waals surface area contributed by atoms with Gasteiger partial charge in [0.15, 0.2) is 5.78 Å². The SMILES string of the molecule is CCOC1(C(=O)C2CCOC3(CCSC3)C2)CCCC1. The maximum absolute atomic E-state index is 13.1. The predicted molar refractivity (Wildman–Crippen MR) is 81.2 cm³/mol. The molecule has 1 spiro atoms. The second-order valence-corrected chi connectivity index (χ2v) is 7.63. The summed E-state index contributed by atoms with van der Waals surface area (Å²) in [6.45, 7) is 3.40. The molecule has 3 rings (SSSR count). The molecule has 3 fully saturated rings. The van der Waals surface area contributed by atoms with Gasteiger partial charge in [-0.05, 0) is 57.6 Å². The van der Waals surface area contributed by atoms with Crippen molar-refractivity contribution in [2.45, 2.75) is 63.1 Å². The Hall–Kier alpha value is -0.0600. The van der Waals surface area contributed by atoms with Crippen molar-refractivity contribution in [1.82, 2.24) is 0 Å². The fourth-order valence-corrected chi connectivity index (χ4v) is 5.55. The molecule has 0 N–H and O–H groups in total. The largest absolute Gasteiger partial charge is 0.374 e. The fourth-order valence-electron chi connectivity index (χ4n) is 4.17. The van der Waals surface area contributed by atoms with Gasteiger partial charge in [0.05, 0.1) is 5.60 Å². The zero-order valence-electron chi connectivity index (χ0n) is 12.5. The highest BCUT2D eigenvalue weighted by Crippen LogP contribution is 2.44. The highest BCUT2D eigenvalue weighted by atomic mass is 32.2. The first kappa shape index (κ1) is 14.9. The number of ketones is 1. The minimum atomic E-state index is -0.455. The van der Waals surface area contributed by atoms with E-state index in [0.717, 1.165) is 57.3 Å². The van der Waals surface area contributed by atoms with E-state index >= 15 is 0 Å². The van der Waals surface area contributed by atoms with Crippen molar-refractivity contribution in [2.24, 2.45) is 5.92 Å². The van der Waals surface area contributed by atoms with Crippen molar-refractivity contribution in [3.63, 3.8) is 0 Å². The molecule has 20 heavy (non-hydrogen) atoms. The van der Waals surface area contributed by atoms with E-state index in [4.69, 9.17) is 9.47 Å². The average Bonchev–Trinajstić information content (AvgIpc) is 3.10. The van der Waals surface area contributed by atoms with Crippen LogP contribution in [-0.4, -0.2) is 41.7 Å². The first-order valence-electron chi connectivity index (χ1n) is 8.10. The number of Topliss-reactive ketones (excluding diaryl/α,β-unsaturated/α-hetero) is 1. The topological polar surface area (TPSA) is 35.5 Å². The standard InChI is InChI=1S/C16H26O3S/c1-2-18-16(6-3-4-7-16)14(17)13-5-9-19-15(11-13)8-10-20-12-15/h13H,2-12H2,1H3. The van der Waals surface area contributed by atoms with Gasteiger partial charge in [0, 0.05) is 24.9 Å². The smallest absolute Gasteiger partial charge is 0.167 e. The third-order valence-electron chi connectivity index (χ3n) is 5.21. The van der Waals surface area contributed by atoms with Crippen LogP contribution in [0.3, 0.4) is 0 Å². The number of hydrogen-bond donors (Lipinski definition) is 0. The van der Waals surface area contributed by atoms with Gasteiger partial charge in [-0.1, -0.05) is 0 Å². The van der Waals surface area contributed by atoms with E-state index in [1.165, 1.54) is 5.75 Å². The second kappa shape index (κ2) is 5.98. The average molecular weight is 298 g/mol. The van der Waals surface area contributed by atoms with Crippen LogP contribution in [0, 0.1) is 5.92 Å². The van der Waals surface area contributed by atoms with Crippen LogP contribution in [0.15, 0.2) is 0 Å². The summed E-state index contributed by atoms with van der Waals surface area (Å²) in [5, 5.41) is 0. The number of hydrogen-bond acceptors (Lipinski definition) is 4. The molecule has 0 aromatic rings. The Morgan fingerprint density at radius 3 is 2.80 bits per heavy atom. The molecule has 0 radical (unpaired) electrons. The maximum atomic E-state index is 13.1. The number of thioether (sulfide) groups is 1. The highest BCUT2D eigenvalue weighted by molar-refractivity contribution is 7.99. The lowest BCUT2D eigenvalue weighted by molar-refractivity contribution is -0.157. The number of ether oxygens (including phenoxy) is 2. The van der Waals surface area contributed by atoms with Gasteiger partial charge < -0.3 is 9.47 Å². The lowest BCUT2D eigenvalue weighted by Crippen LogP contribution is -2.49. The van der Waals surface area contributed by atoms with Crippen molar-refractivity contribution in [3.05, 3.63) is 0 Å². The summed E-state index contributed by atoms with van der Waals surface area (Å²) in [7, 11) is 0. The van der Waals surface area contributed by atoms with Crippen molar-refractivity contribution in [3.8, 4) is 0 Å². The van der Waals surface area contributed by atoms with E-state index in [1.54, 1.807) is 0 Å². The molecule has 4 heteroatoms. The lowest BCUT2D eigenvalue weighted by Gasteiger charge is -2.40. The van der Waals surface area contributed by atoms with Gasteiger partial charge in [0.25, 0.3) is 0 Å². The summed E-state index contributed by atoms with van der Waals surface area (Å²) in [6, 6.07) is 0. The molecule has 0 aromatic carbocycles. The Kier molecular flexibility index (Phi) is 4.44. The molecule has 3 aliphatic rings. The molecule has 2 unspecified atom stereocenters. The third-order valence-corrected chi connectivity index (χ3v) is 6.43. The number of carbonyl (C=O) groups excluding carboxylic acids is 1. The Morgan fingerprint density at radius 1 is 1.35 bits per heavy atom. The van der Waals surface area contributed by atoms with Gasteiger partial charge in [-0.25, -0.2) is 0 Å². The van der Waals surface area contributed by atoms with E-state index in [2.05, 4.69) is 0 Å².